The maximum atomic E-state index is 13.5. The van der Waals surface area contributed by atoms with Crippen LogP contribution in [0.5, 0.6) is 0 Å². The fraction of sp³-hybridized carbons (Fsp3) is 0.850. The van der Waals surface area contributed by atoms with Crippen LogP contribution in [0.4, 0.5) is 33.6 Å². The third-order valence-electron chi connectivity index (χ3n) is 39.1. The van der Waals surface area contributed by atoms with Gasteiger partial charge in [0.2, 0.25) is 0 Å². The molecule has 0 N–H and O–H groups in total. The van der Waals surface area contributed by atoms with Crippen LogP contribution >= 0.6 is 0 Å². The summed E-state index contributed by atoms with van der Waals surface area (Å²) in [6, 6.07) is 24.1. The molecular formula is C127H214N6O14. The smallest absolute Gasteiger partial charge is 0.419 e. The average Bonchev–Trinajstić information content (AvgIpc) is 1.71. The highest BCUT2D eigenvalue weighted by Crippen LogP contribution is 2.58. The second-order valence-corrected chi connectivity index (χ2v) is 49.5. The highest BCUT2D eigenvalue weighted by atomic mass is 16.6. The van der Waals surface area contributed by atoms with E-state index in [-0.39, 0.29) is 59.4 Å². The summed E-state index contributed by atoms with van der Waals surface area (Å²) in [6.07, 6.45) is 82.4. The van der Waals surface area contributed by atoms with E-state index >= 15 is 0 Å². The summed E-state index contributed by atoms with van der Waals surface area (Å²) < 4.78 is 42.5. The van der Waals surface area contributed by atoms with Gasteiger partial charge in [0.05, 0.1) is 0 Å². The molecule has 15 aliphatic rings. The van der Waals surface area contributed by atoms with Crippen molar-refractivity contribution in [3.05, 3.63) is 71.8 Å². The lowest BCUT2D eigenvalue weighted by Crippen LogP contribution is -2.56. The van der Waals surface area contributed by atoms with Crippen LogP contribution in [0.15, 0.2) is 60.7 Å². The van der Waals surface area contributed by atoms with Gasteiger partial charge in [-0.25, -0.2) is 38.5 Å². The summed E-state index contributed by atoms with van der Waals surface area (Å²) in [5.41, 5.74) is -0.461. The number of amides is 7. The topological polar surface area (TPSA) is 204 Å². The Hall–Kier alpha value is -6.47. The summed E-state index contributed by atoms with van der Waals surface area (Å²) in [5.74, 6) is 2.52. The molecule has 4 bridgehead atoms. The number of carbonyl (C=O) groups excluding carboxylic acids is 7. The summed E-state index contributed by atoms with van der Waals surface area (Å²) >= 11 is 0. The Balaban J connectivity index is 0.000000168. The van der Waals surface area contributed by atoms with Crippen molar-refractivity contribution in [1.82, 2.24) is 29.4 Å². The van der Waals surface area contributed by atoms with Crippen LogP contribution in [0.1, 0.15) is 571 Å². The largest absolute Gasteiger partial charge is 0.443 e. The Labute approximate surface area is 895 Å². The first-order valence-corrected chi connectivity index (χ1v) is 62.4. The lowest BCUT2D eigenvalue weighted by Gasteiger charge is -2.56. The van der Waals surface area contributed by atoms with Crippen molar-refractivity contribution in [3.8, 4) is 0 Å². The Morgan fingerprint density at radius 3 is 0.769 bits per heavy atom. The van der Waals surface area contributed by atoms with Gasteiger partial charge in [0.15, 0.2) is 0 Å². The number of nitrogens with zero attached hydrogens (tertiary/aromatic N) is 6. The maximum absolute atomic E-state index is 13.5. The minimum atomic E-state index is -0.617. The van der Waals surface area contributed by atoms with E-state index in [0.29, 0.717) is 105 Å². The molecule has 15 fully saturated rings. The Morgan fingerprint density at radius 2 is 0.510 bits per heavy atom. The van der Waals surface area contributed by atoms with E-state index < -0.39 is 29.0 Å². The monoisotopic (exact) mass is 2050 g/mol. The number of hydrogen-bond donors (Lipinski definition) is 0. The molecule has 20 heteroatoms. The summed E-state index contributed by atoms with van der Waals surface area (Å²) in [6.45, 7) is 31.0. The van der Waals surface area contributed by atoms with Crippen molar-refractivity contribution in [3.63, 3.8) is 0 Å². The van der Waals surface area contributed by atoms with Crippen LogP contribution in [0.25, 0.3) is 0 Å². The molecule has 0 saturated heterocycles. The number of imide groups is 1. The zero-order chi connectivity index (χ0) is 105. The Kier molecular flexibility index (Phi) is 50.1. The van der Waals surface area contributed by atoms with Gasteiger partial charge in [-0.05, 0) is 326 Å². The molecule has 0 aromatic heterocycles. The van der Waals surface area contributed by atoms with E-state index in [0.717, 1.165) is 149 Å². The molecule has 2 aromatic carbocycles. The molecular weight excluding hydrogens is 1830 g/mol. The molecule has 15 saturated carbocycles. The zero-order valence-electron chi connectivity index (χ0n) is 96.3. The molecule has 15 aliphatic carbocycles. The summed E-state index contributed by atoms with van der Waals surface area (Å²) in [5, 5.41) is 0. The van der Waals surface area contributed by atoms with Gasteiger partial charge in [-0.2, -0.15) is 0 Å². The predicted octanol–water partition coefficient (Wildman–Crippen LogP) is 36.0. The van der Waals surface area contributed by atoms with Crippen LogP contribution in [0.3, 0.4) is 0 Å². The highest BCUT2D eigenvalue weighted by Gasteiger charge is 2.55. The summed E-state index contributed by atoms with van der Waals surface area (Å²) in [7, 11) is 0. The fourth-order valence-electron chi connectivity index (χ4n) is 29.0. The number of benzene rings is 2. The van der Waals surface area contributed by atoms with Gasteiger partial charge >= 0.3 is 42.7 Å². The number of carbonyl (C=O) groups is 7. The van der Waals surface area contributed by atoms with Crippen LogP contribution in [0, 0.1) is 17.8 Å². The number of rotatable bonds is 32. The summed E-state index contributed by atoms with van der Waals surface area (Å²) in [4.78, 5) is 104. The van der Waals surface area contributed by atoms with Gasteiger partial charge < -0.3 is 57.7 Å². The van der Waals surface area contributed by atoms with E-state index in [4.69, 9.17) is 33.2 Å². The molecule has 17 rings (SSSR count). The average molecular weight is 2050 g/mol. The molecule has 0 radical (unpaired) electrons. The van der Waals surface area contributed by atoms with E-state index in [9.17, 15) is 33.6 Å². The van der Waals surface area contributed by atoms with Gasteiger partial charge in [-0.1, -0.05) is 329 Å². The highest BCUT2D eigenvalue weighted by molar-refractivity contribution is 5.88. The van der Waals surface area contributed by atoms with Gasteiger partial charge in [-0.3, -0.25) is 0 Å². The van der Waals surface area contributed by atoms with Gasteiger partial charge in [0, 0.05) is 67.0 Å². The first-order valence-electron chi connectivity index (χ1n) is 62.4. The Morgan fingerprint density at radius 1 is 0.272 bits per heavy atom. The minimum Gasteiger partial charge on any atom is -0.443 e. The molecule has 836 valence electrons. The van der Waals surface area contributed by atoms with E-state index in [1.165, 1.54) is 302 Å². The van der Waals surface area contributed by atoms with Crippen molar-refractivity contribution in [2.24, 2.45) is 17.8 Å². The first kappa shape index (κ1) is 121. The maximum Gasteiger partial charge on any atom is 0.419 e. The lowest BCUT2D eigenvalue weighted by atomic mass is 9.54. The lowest BCUT2D eigenvalue weighted by molar-refractivity contribution is -0.138. The van der Waals surface area contributed by atoms with Crippen molar-refractivity contribution in [1.29, 1.82) is 0 Å². The first-order chi connectivity index (χ1) is 71.1. The van der Waals surface area contributed by atoms with Crippen LogP contribution in [0.2, 0.25) is 0 Å². The van der Waals surface area contributed by atoms with Crippen molar-refractivity contribution in [2.75, 3.05) is 6.54 Å². The second kappa shape index (κ2) is 61.0. The quantitative estimate of drug-likeness (QED) is 0.0626. The van der Waals surface area contributed by atoms with Gasteiger partial charge in [0.1, 0.15) is 39.2 Å². The normalized spacial score (nSPS) is 23.5. The fourth-order valence-corrected chi connectivity index (χ4v) is 29.0. The third-order valence-corrected chi connectivity index (χ3v) is 39.1. The van der Waals surface area contributed by atoms with Crippen LogP contribution in [-0.4, -0.2) is 173 Å². The standard InChI is InChI=1S/C24H39NO4.C23H37NO2.C22H33NO2.C20H35NO2.C20H37NO2.C18H33NO2/c1-7-23(8-2,9-3)28-21(26)25(19-18-20-16-14-13-15-17-20)22(27)29-24(10-4,11-5)12-6;25-22(26-23-14-17-11-18(15-23)13-19(12-17)16-23)24(20-7-3-1-4-8-20)21-9-5-2-6-10-21;1-22(2,18-12-6-3-7-13-18)25-21(24)23(19-14-8-4-9-15-19)20-16-10-5-11-17-20;1-2-20(15-9-10-16-20)23-19(22)21(17-11-5-3-6-12-17)18-13-7-4-8-14-18;1-4-20(5-2,6-3)23-19(22)21(17-13-9-7-10-14-17)18-15-11-8-12-16-18;1-4-18(2,3)21-17(20)19(15-11-7-5-8-12-15)16-13-9-6-10-14-16/h13-17H,7-12,18-19H2,1-6H3;17-21H,1-16H2;3,6-7,12-13,19-20H,4-5,8-11,14-17H2,1-2H3;17-18H,2-16H2,1H3;17-18H,4-16H2,1-3H3;15-16H,4-14H2,1-3H3. The zero-order valence-corrected chi connectivity index (χ0v) is 96.3. The van der Waals surface area contributed by atoms with Crippen molar-refractivity contribution < 1.29 is 66.7 Å². The van der Waals surface area contributed by atoms with Crippen molar-refractivity contribution >= 4 is 42.7 Å². The van der Waals surface area contributed by atoms with E-state index in [1.807, 2.05) is 130 Å². The molecule has 2 aromatic rings. The Bertz CT molecular complexity index is 3820. The number of ether oxygens (including phenoxy) is 7. The van der Waals surface area contributed by atoms with Gasteiger partial charge in [-0.15, -0.1) is 0 Å². The number of hydrogen-bond acceptors (Lipinski definition) is 14. The minimum absolute atomic E-state index is 0.0191. The van der Waals surface area contributed by atoms with Crippen LogP contribution in [-0.2, 0) is 45.2 Å². The third kappa shape index (κ3) is 35.5. The van der Waals surface area contributed by atoms with Crippen LogP contribution < -0.4 is 0 Å². The molecule has 0 spiro atoms. The predicted molar refractivity (Wildman–Crippen MR) is 597 cm³/mol. The molecule has 0 atom stereocenters. The van der Waals surface area contributed by atoms with E-state index in [2.05, 4.69) is 59.1 Å². The SMILES string of the molecule is CC(C)(OC(=O)N(C1CCCCC1)C1CCCCC1)c1ccccc1.CCC(C)(C)OC(=O)N(C1CCCCC1)C1CCCCC1.CCC(CC)(CC)OC(=O)N(C1CCCCC1)C1CCCCC1.CCC(CC)(CC)OC(=O)N(CCc1ccccc1)C(=O)OC(CC)(CC)CC.CCC1(OC(=O)N(C2CCCCC2)C2CCCCC2)CCCC1.O=C(OC12CC3CC(CC(C3)C1)C2)N(C1CCCCC1)C1CCCCC1. The molecule has 147 heavy (non-hydrogen) atoms. The van der Waals surface area contributed by atoms with Crippen molar-refractivity contribution in [2.45, 2.75) is 666 Å². The van der Waals surface area contributed by atoms with E-state index in [1.54, 1.807) is 0 Å². The molecule has 0 unspecified atom stereocenters. The molecule has 0 heterocycles. The van der Waals surface area contributed by atoms with Gasteiger partial charge in [0.25, 0.3) is 0 Å². The second-order valence-electron chi connectivity index (χ2n) is 49.5. The molecule has 7 amide bonds. The molecule has 0 aliphatic heterocycles. The molecule has 20 nitrogen and oxygen atoms in total.